The zero-order valence-corrected chi connectivity index (χ0v) is 12.2. The first-order valence-corrected chi connectivity index (χ1v) is 7.04. The van der Waals surface area contributed by atoms with E-state index in [4.69, 9.17) is 5.73 Å². The number of benzene rings is 1. The maximum absolute atomic E-state index is 6.23. The Labute approximate surface area is 113 Å². The minimum Gasteiger partial charge on any atom is -0.319 e. The summed E-state index contributed by atoms with van der Waals surface area (Å²) in [6.07, 6.45) is 0. The van der Waals surface area contributed by atoms with Crippen LogP contribution in [0, 0.1) is 6.92 Å². The first kappa shape index (κ1) is 13.2. The van der Waals surface area contributed by atoms with Crippen molar-refractivity contribution in [1.29, 1.82) is 0 Å². The molecule has 3 heteroatoms. The van der Waals surface area contributed by atoms with Crippen molar-refractivity contribution < 1.29 is 0 Å². The highest BCUT2D eigenvalue weighted by Crippen LogP contribution is 2.26. The quantitative estimate of drug-likeness (QED) is 0.892. The number of hydrogen-bond donors (Lipinski definition) is 1. The Balaban J connectivity index is 2.24. The van der Waals surface area contributed by atoms with Gasteiger partial charge in [-0.3, -0.25) is 0 Å². The average Bonchev–Trinajstić information content (AvgIpc) is 2.74. The van der Waals surface area contributed by atoms with Crippen molar-refractivity contribution in [3.05, 3.63) is 51.5 Å². The van der Waals surface area contributed by atoms with Crippen LogP contribution in [-0.2, 0) is 5.41 Å². The monoisotopic (exact) mass is 260 g/mol. The van der Waals surface area contributed by atoms with Gasteiger partial charge in [0.15, 0.2) is 0 Å². The molecule has 0 aliphatic rings. The number of nitrogens with zero attached hydrogens (tertiary/aromatic N) is 1. The molecule has 1 unspecified atom stereocenters. The highest BCUT2D eigenvalue weighted by molar-refractivity contribution is 7.09. The molecule has 2 nitrogen and oxygen atoms in total. The van der Waals surface area contributed by atoms with E-state index >= 15 is 0 Å². The van der Waals surface area contributed by atoms with Crippen molar-refractivity contribution in [2.45, 2.75) is 39.2 Å². The van der Waals surface area contributed by atoms with E-state index in [1.54, 1.807) is 11.3 Å². The lowest BCUT2D eigenvalue weighted by Crippen LogP contribution is -2.14. The van der Waals surface area contributed by atoms with Crippen molar-refractivity contribution in [2.75, 3.05) is 0 Å². The molecular weight excluding hydrogens is 240 g/mol. The average molecular weight is 260 g/mol. The van der Waals surface area contributed by atoms with Crippen LogP contribution in [0.2, 0.25) is 0 Å². The Morgan fingerprint density at radius 3 is 2.22 bits per heavy atom. The van der Waals surface area contributed by atoms with E-state index < -0.39 is 0 Å². The summed E-state index contributed by atoms with van der Waals surface area (Å²) in [5, 5.41) is 3.10. The second kappa shape index (κ2) is 4.82. The molecule has 1 atom stereocenters. The highest BCUT2D eigenvalue weighted by Gasteiger charge is 2.15. The van der Waals surface area contributed by atoms with Gasteiger partial charge in [0.1, 0.15) is 0 Å². The topological polar surface area (TPSA) is 38.9 Å². The normalized spacial score (nSPS) is 13.6. The summed E-state index contributed by atoms with van der Waals surface area (Å²) in [6.45, 7) is 8.65. The maximum Gasteiger partial charge on any atom is 0.0898 e. The van der Waals surface area contributed by atoms with Gasteiger partial charge in [-0.15, -0.1) is 11.3 Å². The number of aromatic nitrogens is 1. The largest absolute Gasteiger partial charge is 0.319 e. The van der Waals surface area contributed by atoms with E-state index in [2.05, 4.69) is 50.0 Å². The highest BCUT2D eigenvalue weighted by atomic mass is 32.1. The fourth-order valence-electron chi connectivity index (χ4n) is 1.88. The molecule has 1 aromatic heterocycles. The molecule has 2 rings (SSSR count). The summed E-state index contributed by atoms with van der Waals surface area (Å²) in [5.41, 5.74) is 9.82. The Bertz CT molecular complexity index is 520. The maximum atomic E-state index is 6.23. The lowest BCUT2D eigenvalue weighted by molar-refractivity contribution is 0.589. The minimum absolute atomic E-state index is 0.121. The number of nitrogens with two attached hydrogens (primary N) is 1. The molecule has 0 fully saturated rings. The van der Waals surface area contributed by atoms with Crippen LogP contribution in [0.3, 0.4) is 0 Å². The van der Waals surface area contributed by atoms with Crippen molar-refractivity contribution >= 4 is 11.3 Å². The summed E-state index contributed by atoms with van der Waals surface area (Å²) in [7, 11) is 0. The molecule has 1 aromatic carbocycles. The van der Waals surface area contributed by atoms with Crippen LogP contribution in [0.4, 0.5) is 0 Å². The van der Waals surface area contributed by atoms with E-state index in [-0.39, 0.29) is 11.5 Å². The number of thiazole rings is 1. The van der Waals surface area contributed by atoms with Crippen LogP contribution in [-0.4, -0.2) is 4.98 Å². The predicted octanol–water partition coefficient (Wildman–Crippen LogP) is 3.80. The van der Waals surface area contributed by atoms with E-state index in [0.29, 0.717) is 0 Å². The molecule has 0 saturated carbocycles. The van der Waals surface area contributed by atoms with Gasteiger partial charge in [-0.2, -0.15) is 0 Å². The second-order valence-corrected chi connectivity index (χ2v) is 6.70. The molecule has 18 heavy (non-hydrogen) atoms. The van der Waals surface area contributed by atoms with Crippen LogP contribution in [0.5, 0.6) is 0 Å². The van der Waals surface area contributed by atoms with Gasteiger partial charge in [-0.05, 0) is 23.5 Å². The van der Waals surface area contributed by atoms with E-state index in [1.165, 1.54) is 5.56 Å². The third-order valence-electron chi connectivity index (χ3n) is 3.09. The standard InChI is InChI=1S/C15H20N2S/c1-10-17-13(9-18-10)14(16)11-5-7-12(8-6-11)15(2,3)4/h5-9,14H,16H2,1-4H3. The van der Waals surface area contributed by atoms with Crippen LogP contribution < -0.4 is 5.73 Å². The van der Waals surface area contributed by atoms with E-state index in [1.807, 2.05) is 12.3 Å². The first-order chi connectivity index (χ1) is 8.38. The number of aryl methyl sites for hydroxylation is 1. The Morgan fingerprint density at radius 2 is 1.78 bits per heavy atom. The summed E-state index contributed by atoms with van der Waals surface area (Å²) in [4.78, 5) is 4.45. The molecule has 96 valence electrons. The molecule has 0 spiro atoms. The van der Waals surface area contributed by atoms with Crippen LogP contribution in [0.15, 0.2) is 29.6 Å². The Hall–Kier alpha value is -1.19. The molecule has 0 amide bonds. The smallest absolute Gasteiger partial charge is 0.0898 e. The van der Waals surface area contributed by atoms with Crippen molar-refractivity contribution in [3.8, 4) is 0 Å². The molecule has 0 aliphatic heterocycles. The molecule has 1 heterocycles. The predicted molar refractivity (Wildman–Crippen MR) is 78.0 cm³/mol. The molecular formula is C15H20N2S. The third kappa shape index (κ3) is 2.79. The molecule has 0 aliphatic carbocycles. The molecule has 2 N–H and O–H groups in total. The third-order valence-corrected chi connectivity index (χ3v) is 3.88. The Morgan fingerprint density at radius 1 is 1.17 bits per heavy atom. The van der Waals surface area contributed by atoms with Crippen LogP contribution >= 0.6 is 11.3 Å². The lowest BCUT2D eigenvalue weighted by atomic mass is 9.86. The van der Waals surface area contributed by atoms with E-state index in [9.17, 15) is 0 Å². The van der Waals surface area contributed by atoms with Gasteiger partial charge in [0.05, 0.1) is 16.7 Å². The summed E-state index contributed by atoms with van der Waals surface area (Å²) >= 11 is 1.64. The minimum atomic E-state index is -0.121. The summed E-state index contributed by atoms with van der Waals surface area (Å²) < 4.78 is 0. The van der Waals surface area contributed by atoms with Gasteiger partial charge in [-0.1, -0.05) is 45.0 Å². The van der Waals surface area contributed by atoms with Crippen molar-refractivity contribution in [1.82, 2.24) is 4.98 Å². The van der Waals surface area contributed by atoms with Crippen LogP contribution in [0.25, 0.3) is 0 Å². The zero-order valence-electron chi connectivity index (χ0n) is 11.4. The molecule has 0 saturated heterocycles. The number of rotatable bonds is 2. The second-order valence-electron chi connectivity index (χ2n) is 5.64. The summed E-state index contributed by atoms with van der Waals surface area (Å²) in [5.74, 6) is 0. The van der Waals surface area contributed by atoms with E-state index in [0.717, 1.165) is 16.3 Å². The summed E-state index contributed by atoms with van der Waals surface area (Å²) in [6, 6.07) is 8.42. The van der Waals surface area contributed by atoms with Gasteiger partial charge >= 0.3 is 0 Å². The van der Waals surface area contributed by atoms with Gasteiger partial charge in [0.25, 0.3) is 0 Å². The SMILES string of the molecule is Cc1nc(C(N)c2ccc(C(C)(C)C)cc2)cs1. The fourth-order valence-corrected chi connectivity index (χ4v) is 2.53. The van der Waals surface area contributed by atoms with Gasteiger partial charge in [0.2, 0.25) is 0 Å². The van der Waals surface area contributed by atoms with Crippen LogP contribution in [0.1, 0.15) is 48.6 Å². The molecule has 0 radical (unpaired) electrons. The van der Waals surface area contributed by atoms with Gasteiger partial charge < -0.3 is 5.73 Å². The molecule has 0 bridgehead atoms. The zero-order chi connectivity index (χ0) is 13.3. The number of hydrogen-bond acceptors (Lipinski definition) is 3. The van der Waals surface area contributed by atoms with Crippen molar-refractivity contribution in [2.24, 2.45) is 5.73 Å². The van der Waals surface area contributed by atoms with Gasteiger partial charge in [0, 0.05) is 5.38 Å². The molecule has 2 aromatic rings. The first-order valence-electron chi connectivity index (χ1n) is 6.16. The van der Waals surface area contributed by atoms with Crippen molar-refractivity contribution in [3.63, 3.8) is 0 Å². The lowest BCUT2D eigenvalue weighted by Gasteiger charge is -2.20. The fraction of sp³-hybridized carbons (Fsp3) is 0.400. The van der Waals surface area contributed by atoms with Gasteiger partial charge in [-0.25, -0.2) is 4.98 Å². The Kier molecular flexibility index (Phi) is 3.55.